The van der Waals surface area contributed by atoms with Crippen LogP contribution in [-0.4, -0.2) is 56.6 Å². The van der Waals surface area contributed by atoms with Gasteiger partial charge in [0.25, 0.3) is 0 Å². The van der Waals surface area contributed by atoms with Crippen LogP contribution in [0, 0.1) is 0 Å². The molecule has 0 aliphatic rings. The largest absolute Gasteiger partial charge is 0.416 e. The molecule has 0 spiro atoms. The van der Waals surface area contributed by atoms with E-state index in [1.54, 1.807) is 0 Å². The minimum absolute atomic E-state index is 0.109. The van der Waals surface area contributed by atoms with Crippen molar-refractivity contribution in [3.63, 3.8) is 0 Å². The molecule has 0 aromatic heterocycles. The molecule has 0 fully saturated rings. The molecule has 2 amide bonds. The number of carbonyl (C=O) groups is 2. The minimum atomic E-state index is -4.69. The van der Waals surface area contributed by atoms with E-state index in [1.165, 1.54) is 17.9 Å². The van der Waals surface area contributed by atoms with Gasteiger partial charge in [-0.25, -0.2) is 8.42 Å². The first-order valence-corrected chi connectivity index (χ1v) is 13.4. The highest BCUT2D eigenvalue weighted by molar-refractivity contribution is 7.92. The number of benzene rings is 2. The summed E-state index contributed by atoms with van der Waals surface area (Å²) < 4.78 is 65.3. The molecule has 0 saturated heterocycles. The second-order valence-corrected chi connectivity index (χ2v) is 10.5. The molecule has 0 aliphatic carbocycles. The monoisotopic (exact) mass is 527 g/mol. The molecule has 11 heteroatoms. The van der Waals surface area contributed by atoms with Crippen LogP contribution >= 0.6 is 0 Å². The van der Waals surface area contributed by atoms with Gasteiger partial charge in [-0.2, -0.15) is 13.2 Å². The minimum Gasteiger partial charge on any atom is -0.352 e. The molecule has 2 atom stereocenters. The van der Waals surface area contributed by atoms with Gasteiger partial charge >= 0.3 is 6.18 Å². The summed E-state index contributed by atoms with van der Waals surface area (Å²) in [6.07, 6.45) is -2.80. The number of carbonyl (C=O) groups excluding carboxylic acids is 2. The maximum atomic E-state index is 13.4. The highest BCUT2D eigenvalue weighted by atomic mass is 32.2. The van der Waals surface area contributed by atoms with Gasteiger partial charge in [-0.05, 0) is 50.5 Å². The first-order valence-electron chi connectivity index (χ1n) is 11.5. The average molecular weight is 528 g/mol. The zero-order valence-electron chi connectivity index (χ0n) is 20.7. The Morgan fingerprint density at radius 1 is 1.03 bits per heavy atom. The second kappa shape index (κ2) is 12.2. The molecule has 0 radical (unpaired) electrons. The summed E-state index contributed by atoms with van der Waals surface area (Å²) in [6, 6.07) is 11.9. The van der Waals surface area contributed by atoms with Crippen molar-refractivity contribution in [3.05, 3.63) is 65.7 Å². The zero-order chi connectivity index (χ0) is 27.1. The number of anilines is 1. The van der Waals surface area contributed by atoms with Gasteiger partial charge in [-0.15, -0.1) is 0 Å². The van der Waals surface area contributed by atoms with Crippen molar-refractivity contribution in [1.29, 1.82) is 0 Å². The number of hydrogen-bond donors (Lipinski definition) is 1. The molecule has 1 N–H and O–H groups in total. The van der Waals surface area contributed by atoms with Gasteiger partial charge in [0.1, 0.15) is 12.6 Å². The number of alkyl halides is 3. The van der Waals surface area contributed by atoms with Crippen molar-refractivity contribution in [2.45, 2.75) is 51.9 Å². The molecule has 2 rings (SSSR count). The Labute approximate surface area is 210 Å². The van der Waals surface area contributed by atoms with E-state index in [0.29, 0.717) is 23.2 Å². The summed E-state index contributed by atoms with van der Waals surface area (Å²) in [5.74, 6) is -1.11. The van der Waals surface area contributed by atoms with Crippen molar-refractivity contribution in [3.8, 4) is 0 Å². The predicted octanol–water partition coefficient (Wildman–Crippen LogP) is 3.85. The lowest BCUT2D eigenvalue weighted by Gasteiger charge is -2.32. The average Bonchev–Trinajstić information content (AvgIpc) is 2.81. The van der Waals surface area contributed by atoms with E-state index in [0.717, 1.165) is 24.0 Å². The molecule has 0 unspecified atom stereocenters. The van der Waals surface area contributed by atoms with Crippen molar-refractivity contribution >= 4 is 27.5 Å². The van der Waals surface area contributed by atoms with E-state index in [1.807, 2.05) is 44.2 Å². The lowest BCUT2D eigenvalue weighted by atomic mass is 10.1. The molecule has 198 valence electrons. The molecule has 7 nitrogen and oxygen atoms in total. The lowest BCUT2D eigenvalue weighted by Crippen LogP contribution is -2.53. The fourth-order valence-electron chi connectivity index (χ4n) is 3.49. The standard InChI is InChI=1S/C25H32F3N3O4S/c1-5-18(2)29-24(33)19(3)30(15-14-20-10-7-6-8-11-20)23(32)17-31(36(4,34)35)22-13-9-12-21(16-22)25(26,27)28/h6-13,16,18-19H,5,14-15,17H2,1-4H3,(H,29,33)/t18-,19-/m0/s1. The number of halogens is 3. The number of sulfonamides is 1. The number of nitrogens with zero attached hydrogens (tertiary/aromatic N) is 2. The van der Waals surface area contributed by atoms with Gasteiger partial charge in [-0.3, -0.25) is 13.9 Å². The summed E-state index contributed by atoms with van der Waals surface area (Å²) in [5, 5.41) is 2.81. The fraction of sp³-hybridized carbons (Fsp3) is 0.440. The maximum absolute atomic E-state index is 13.4. The van der Waals surface area contributed by atoms with Crippen LogP contribution in [0.4, 0.5) is 18.9 Å². The SMILES string of the molecule is CC[C@H](C)NC(=O)[C@H](C)N(CCc1ccccc1)C(=O)CN(c1cccc(C(F)(F)F)c1)S(C)(=O)=O. The van der Waals surface area contributed by atoms with Crippen LogP contribution in [0.3, 0.4) is 0 Å². The Morgan fingerprint density at radius 2 is 1.67 bits per heavy atom. The highest BCUT2D eigenvalue weighted by Gasteiger charge is 2.33. The Hall–Kier alpha value is -3.08. The summed E-state index contributed by atoms with van der Waals surface area (Å²) in [4.78, 5) is 27.5. The van der Waals surface area contributed by atoms with E-state index in [4.69, 9.17) is 0 Å². The number of amides is 2. The zero-order valence-corrected chi connectivity index (χ0v) is 21.6. The molecule has 2 aromatic rings. The number of nitrogens with one attached hydrogen (secondary N) is 1. The van der Waals surface area contributed by atoms with Gasteiger partial charge in [0, 0.05) is 12.6 Å². The van der Waals surface area contributed by atoms with Crippen LogP contribution in [0.25, 0.3) is 0 Å². The Kier molecular flexibility index (Phi) is 9.92. The maximum Gasteiger partial charge on any atom is 0.416 e. The van der Waals surface area contributed by atoms with Crippen molar-refractivity contribution < 1.29 is 31.2 Å². The van der Waals surface area contributed by atoms with E-state index in [2.05, 4.69) is 5.32 Å². The summed E-state index contributed by atoms with van der Waals surface area (Å²) in [7, 11) is -4.13. The Bertz CT molecular complexity index is 1140. The third-order valence-electron chi connectivity index (χ3n) is 5.79. The van der Waals surface area contributed by atoms with Crippen molar-refractivity contribution in [2.24, 2.45) is 0 Å². The number of hydrogen-bond acceptors (Lipinski definition) is 4. The molecule has 0 aliphatic heterocycles. The predicted molar refractivity (Wildman–Crippen MR) is 133 cm³/mol. The first kappa shape index (κ1) is 29.2. The molecular formula is C25H32F3N3O4S. The van der Waals surface area contributed by atoms with Crippen LogP contribution in [0.1, 0.15) is 38.3 Å². The topological polar surface area (TPSA) is 86.8 Å². The van der Waals surface area contributed by atoms with Crippen LogP contribution in [-0.2, 0) is 32.2 Å². The van der Waals surface area contributed by atoms with Gasteiger partial charge in [0.15, 0.2) is 0 Å². The summed E-state index contributed by atoms with van der Waals surface area (Å²) in [6.45, 7) is 4.61. The second-order valence-electron chi connectivity index (χ2n) is 8.63. The van der Waals surface area contributed by atoms with E-state index in [-0.39, 0.29) is 18.3 Å². The normalized spacial score (nSPS) is 13.5. The summed E-state index contributed by atoms with van der Waals surface area (Å²) >= 11 is 0. The Balaban J connectivity index is 2.37. The fourth-order valence-corrected chi connectivity index (χ4v) is 4.33. The van der Waals surface area contributed by atoms with E-state index in [9.17, 15) is 31.2 Å². The van der Waals surface area contributed by atoms with Gasteiger partial charge in [0.05, 0.1) is 17.5 Å². The molecular weight excluding hydrogens is 495 g/mol. The van der Waals surface area contributed by atoms with E-state index < -0.39 is 46.2 Å². The molecule has 2 aromatic carbocycles. The highest BCUT2D eigenvalue weighted by Crippen LogP contribution is 2.32. The van der Waals surface area contributed by atoms with E-state index >= 15 is 0 Å². The number of rotatable bonds is 11. The lowest BCUT2D eigenvalue weighted by molar-refractivity contribution is -0.139. The van der Waals surface area contributed by atoms with Gasteiger partial charge < -0.3 is 10.2 Å². The van der Waals surface area contributed by atoms with Crippen molar-refractivity contribution in [1.82, 2.24) is 10.2 Å². The van der Waals surface area contributed by atoms with Crippen LogP contribution in [0.2, 0.25) is 0 Å². The Morgan fingerprint density at radius 3 is 2.22 bits per heavy atom. The van der Waals surface area contributed by atoms with Gasteiger partial charge in [-0.1, -0.05) is 43.3 Å². The smallest absolute Gasteiger partial charge is 0.352 e. The molecule has 0 bridgehead atoms. The molecule has 0 saturated carbocycles. The first-order chi connectivity index (χ1) is 16.7. The third kappa shape index (κ3) is 8.25. The van der Waals surface area contributed by atoms with Crippen molar-refractivity contribution in [2.75, 3.05) is 23.7 Å². The van der Waals surface area contributed by atoms with Gasteiger partial charge in [0.2, 0.25) is 21.8 Å². The van der Waals surface area contributed by atoms with Crippen LogP contribution < -0.4 is 9.62 Å². The van der Waals surface area contributed by atoms with Crippen LogP contribution in [0.5, 0.6) is 0 Å². The molecule has 0 heterocycles. The van der Waals surface area contributed by atoms with Crippen LogP contribution in [0.15, 0.2) is 54.6 Å². The quantitative estimate of drug-likeness (QED) is 0.481. The summed E-state index contributed by atoms with van der Waals surface area (Å²) in [5.41, 5.74) is -0.425. The molecule has 36 heavy (non-hydrogen) atoms. The third-order valence-corrected chi connectivity index (χ3v) is 6.93.